The summed E-state index contributed by atoms with van der Waals surface area (Å²) in [7, 11) is 0. The van der Waals surface area contributed by atoms with Crippen LogP contribution in [0.3, 0.4) is 0 Å². The van der Waals surface area contributed by atoms with Crippen LogP contribution in [0, 0.1) is 23.7 Å². The number of hydrogen-bond acceptors (Lipinski definition) is 1. The lowest BCUT2D eigenvalue weighted by Crippen LogP contribution is -2.38. The lowest BCUT2D eigenvalue weighted by molar-refractivity contribution is 0.247. The highest BCUT2D eigenvalue weighted by atomic mass is 14.9. The summed E-state index contributed by atoms with van der Waals surface area (Å²) in [5, 5.41) is 3.91. The Morgan fingerprint density at radius 3 is 2.41 bits per heavy atom. The molecule has 0 aromatic rings. The van der Waals surface area contributed by atoms with Crippen molar-refractivity contribution in [2.75, 3.05) is 6.54 Å². The molecule has 1 heteroatoms. The molecule has 0 aromatic heterocycles. The molecule has 4 atom stereocenters. The fourth-order valence-electron chi connectivity index (χ4n) is 4.25. The van der Waals surface area contributed by atoms with Crippen molar-refractivity contribution in [2.45, 2.75) is 70.8 Å². The first-order valence-corrected chi connectivity index (χ1v) is 8.06. The molecule has 0 bridgehead atoms. The van der Waals surface area contributed by atoms with Crippen molar-refractivity contribution in [3.05, 3.63) is 0 Å². The van der Waals surface area contributed by atoms with Gasteiger partial charge in [0.1, 0.15) is 0 Å². The summed E-state index contributed by atoms with van der Waals surface area (Å²) in [4.78, 5) is 0. The topological polar surface area (TPSA) is 12.0 Å². The molecule has 17 heavy (non-hydrogen) atoms. The summed E-state index contributed by atoms with van der Waals surface area (Å²) in [6.07, 6.45) is 13.5. The Balaban J connectivity index is 1.41. The highest BCUT2D eigenvalue weighted by Crippen LogP contribution is 2.44. The second-order valence-electron chi connectivity index (χ2n) is 7.04. The first-order valence-electron chi connectivity index (χ1n) is 8.06. The Morgan fingerprint density at radius 2 is 1.71 bits per heavy atom. The van der Waals surface area contributed by atoms with Gasteiger partial charge >= 0.3 is 0 Å². The van der Waals surface area contributed by atoms with Crippen molar-refractivity contribution in [1.29, 1.82) is 0 Å². The van der Waals surface area contributed by atoms with E-state index >= 15 is 0 Å². The molecule has 98 valence electrons. The van der Waals surface area contributed by atoms with Gasteiger partial charge in [0.05, 0.1) is 0 Å². The highest BCUT2D eigenvalue weighted by molar-refractivity contribution is 4.88. The molecule has 0 spiro atoms. The Bertz CT molecular complexity index is 246. The smallest absolute Gasteiger partial charge is 0.00699 e. The molecule has 3 aliphatic carbocycles. The third-order valence-corrected chi connectivity index (χ3v) is 5.71. The van der Waals surface area contributed by atoms with Gasteiger partial charge in [0.2, 0.25) is 0 Å². The maximum absolute atomic E-state index is 3.91. The van der Waals surface area contributed by atoms with Gasteiger partial charge in [0.15, 0.2) is 0 Å². The Kier molecular flexibility index (Phi) is 3.75. The van der Waals surface area contributed by atoms with Gasteiger partial charge in [-0.15, -0.1) is 0 Å². The van der Waals surface area contributed by atoms with Gasteiger partial charge in [0.25, 0.3) is 0 Å². The van der Waals surface area contributed by atoms with Crippen molar-refractivity contribution < 1.29 is 0 Å². The first-order chi connectivity index (χ1) is 8.33. The van der Waals surface area contributed by atoms with Crippen molar-refractivity contribution in [2.24, 2.45) is 23.7 Å². The van der Waals surface area contributed by atoms with Crippen molar-refractivity contribution in [3.63, 3.8) is 0 Å². The van der Waals surface area contributed by atoms with Gasteiger partial charge in [-0.25, -0.2) is 0 Å². The van der Waals surface area contributed by atoms with Crippen molar-refractivity contribution >= 4 is 0 Å². The quantitative estimate of drug-likeness (QED) is 0.777. The molecule has 0 saturated heterocycles. The summed E-state index contributed by atoms with van der Waals surface area (Å²) in [5.74, 6) is 4.17. The molecule has 0 aliphatic heterocycles. The molecule has 0 heterocycles. The lowest BCUT2D eigenvalue weighted by atomic mass is 9.82. The van der Waals surface area contributed by atoms with Gasteiger partial charge in [0, 0.05) is 6.04 Å². The van der Waals surface area contributed by atoms with Crippen LogP contribution in [-0.2, 0) is 0 Å². The van der Waals surface area contributed by atoms with E-state index in [1.54, 1.807) is 0 Å². The highest BCUT2D eigenvalue weighted by Gasteiger charge is 2.34. The third-order valence-electron chi connectivity index (χ3n) is 5.71. The molecule has 4 unspecified atom stereocenters. The molecular formula is C16H29N. The van der Waals surface area contributed by atoms with Crippen molar-refractivity contribution in [3.8, 4) is 0 Å². The van der Waals surface area contributed by atoms with Crippen LogP contribution in [0.5, 0.6) is 0 Å². The normalized spacial score (nSPS) is 42.9. The standard InChI is InChI=1S/C16H29N/c1-12-4-2-6-15(12)11-17-16-7-3-5-14(10-16)13-8-9-13/h12-17H,2-11H2,1H3. The van der Waals surface area contributed by atoms with Crippen LogP contribution in [0.25, 0.3) is 0 Å². The molecule has 0 amide bonds. The summed E-state index contributed by atoms with van der Waals surface area (Å²) in [5.41, 5.74) is 0. The molecule has 3 saturated carbocycles. The van der Waals surface area contributed by atoms with E-state index in [9.17, 15) is 0 Å². The minimum Gasteiger partial charge on any atom is -0.314 e. The zero-order valence-electron chi connectivity index (χ0n) is 11.5. The zero-order valence-corrected chi connectivity index (χ0v) is 11.5. The fourth-order valence-corrected chi connectivity index (χ4v) is 4.25. The summed E-state index contributed by atoms with van der Waals surface area (Å²) >= 11 is 0. The van der Waals surface area contributed by atoms with E-state index < -0.39 is 0 Å². The predicted octanol–water partition coefficient (Wildman–Crippen LogP) is 3.98. The van der Waals surface area contributed by atoms with Gasteiger partial charge in [-0.05, 0) is 62.3 Å². The second kappa shape index (κ2) is 5.30. The number of nitrogens with one attached hydrogen (secondary N) is 1. The predicted molar refractivity (Wildman–Crippen MR) is 73.0 cm³/mol. The molecule has 0 radical (unpaired) electrons. The van der Waals surface area contributed by atoms with Crippen LogP contribution in [-0.4, -0.2) is 12.6 Å². The number of hydrogen-bond donors (Lipinski definition) is 1. The average Bonchev–Trinajstić information content (AvgIpc) is 3.12. The van der Waals surface area contributed by atoms with Crippen molar-refractivity contribution in [1.82, 2.24) is 5.32 Å². The van der Waals surface area contributed by atoms with Crippen LogP contribution < -0.4 is 5.32 Å². The van der Waals surface area contributed by atoms with E-state index in [2.05, 4.69) is 12.2 Å². The minimum absolute atomic E-state index is 0.863. The zero-order chi connectivity index (χ0) is 11.7. The Hall–Kier alpha value is -0.0400. The Labute approximate surface area is 107 Å². The summed E-state index contributed by atoms with van der Waals surface area (Å²) < 4.78 is 0. The van der Waals surface area contributed by atoms with Crippen LogP contribution in [0.15, 0.2) is 0 Å². The second-order valence-corrected chi connectivity index (χ2v) is 7.04. The minimum atomic E-state index is 0.863. The fraction of sp³-hybridized carbons (Fsp3) is 1.00. The van der Waals surface area contributed by atoms with Gasteiger partial charge in [-0.2, -0.15) is 0 Å². The molecule has 3 rings (SSSR count). The number of rotatable bonds is 4. The average molecular weight is 235 g/mol. The maximum atomic E-state index is 3.91. The van der Waals surface area contributed by atoms with Gasteiger partial charge < -0.3 is 5.32 Å². The Morgan fingerprint density at radius 1 is 0.882 bits per heavy atom. The summed E-state index contributed by atoms with van der Waals surface area (Å²) in [6.45, 7) is 3.76. The molecule has 3 aliphatic rings. The van der Waals surface area contributed by atoms with Crippen LogP contribution >= 0.6 is 0 Å². The lowest BCUT2D eigenvalue weighted by Gasteiger charge is -2.31. The van der Waals surface area contributed by atoms with E-state index in [-0.39, 0.29) is 0 Å². The van der Waals surface area contributed by atoms with Gasteiger partial charge in [-0.1, -0.05) is 32.6 Å². The van der Waals surface area contributed by atoms with Crippen LogP contribution in [0.4, 0.5) is 0 Å². The molecule has 1 N–H and O–H groups in total. The largest absolute Gasteiger partial charge is 0.314 e. The van der Waals surface area contributed by atoms with Gasteiger partial charge in [-0.3, -0.25) is 0 Å². The molecule has 3 fully saturated rings. The van der Waals surface area contributed by atoms with E-state index in [0.717, 1.165) is 29.7 Å². The van der Waals surface area contributed by atoms with E-state index in [4.69, 9.17) is 0 Å². The maximum Gasteiger partial charge on any atom is 0.00699 e. The van der Waals surface area contributed by atoms with E-state index in [0.29, 0.717) is 0 Å². The molecule has 1 nitrogen and oxygen atoms in total. The van der Waals surface area contributed by atoms with E-state index in [1.807, 2.05) is 0 Å². The SMILES string of the molecule is CC1CCCC1CNC1CCCC(C2CC2)C1. The first kappa shape index (κ1) is 12.0. The monoisotopic (exact) mass is 235 g/mol. The van der Waals surface area contributed by atoms with Crippen LogP contribution in [0.2, 0.25) is 0 Å². The molecule has 0 aromatic carbocycles. The van der Waals surface area contributed by atoms with E-state index in [1.165, 1.54) is 64.3 Å². The molecular weight excluding hydrogens is 206 g/mol. The third kappa shape index (κ3) is 3.05. The summed E-state index contributed by atoms with van der Waals surface area (Å²) in [6, 6.07) is 0.863. The van der Waals surface area contributed by atoms with Crippen LogP contribution in [0.1, 0.15) is 64.7 Å².